The van der Waals surface area contributed by atoms with Crippen LogP contribution in [0.1, 0.15) is 50.3 Å². The van der Waals surface area contributed by atoms with Crippen molar-refractivity contribution in [2.24, 2.45) is 0 Å². The predicted molar refractivity (Wildman–Crippen MR) is 68.1 cm³/mol. The van der Waals surface area contributed by atoms with E-state index in [1.54, 1.807) is 11.8 Å². The van der Waals surface area contributed by atoms with E-state index in [9.17, 15) is 9.90 Å². The molecule has 0 aromatic heterocycles. The molecule has 0 bridgehead atoms. The third-order valence-electron chi connectivity index (χ3n) is 3.37. The smallest absolute Gasteiger partial charge is 0.223 e. The topological polar surface area (TPSA) is 40.5 Å². The zero-order valence-corrected chi connectivity index (χ0v) is 10.6. The first-order chi connectivity index (χ1) is 8.00. The van der Waals surface area contributed by atoms with Crippen molar-refractivity contribution >= 4 is 11.6 Å². The molecule has 0 aliphatic carbocycles. The lowest BCUT2D eigenvalue weighted by Gasteiger charge is -2.32. The van der Waals surface area contributed by atoms with Crippen LogP contribution in [-0.2, 0) is 4.79 Å². The third-order valence-corrected chi connectivity index (χ3v) is 3.37. The number of carbonyl (C=O) groups excluding carboxylic acids is 1. The van der Waals surface area contributed by atoms with Crippen molar-refractivity contribution < 1.29 is 9.90 Å². The molecule has 0 unspecified atom stereocenters. The molecule has 92 valence electrons. The summed E-state index contributed by atoms with van der Waals surface area (Å²) >= 11 is 0. The van der Waals surface area contributed by atoms with Gasteiger partial charge in [-0.2, -0.15) is 0 Å². The Bertz CT molecular complexity index is 440. The van der Waals surface area contributed by atoms with E-state index in [2.05, 4.69) is 13.8 Å². The van der Waals surface area contributed by atoms with Crippen LogP contribution < -0.4 is 4.90 Å². The Kier molecular flexibility index (Phi) is 3.20. The first kappa shape index (κ1) is 12.1. The minimum absolute atomic E-state index is 0.0375. The van der Waals surface area contributed by atoms with Gasteiger partial charge in [-0.15, -0.1) is 0 Å². The molecule has 0 spiro atoms. The van der Waals surface area contributed by atoms with Crippen molar-refractivity contribution in [3.8, 4) is 0 Å². The number of amides is 1. The van der Waals surface area contributed by atoms with Crippen LogP contribution in [0.2, 0.25) is 0 Å². The Morgan fingerprint density at radius 3 is 2.76 bits per heavy atom. The van der Waals surface area contributed by atoms with Gasteiger partial charge in [-0.05, 0) is 24.0 Å². The highest BCUT2D eigenvalue weighted by atomic mass is 16.3. The number of nitrogens with zero attached hydrogens (tertiary/aromatic N) is 1. The van der Waals surface area contributed by atoms with Crippen LogP contribution in [0.25, 0.3) is 0 Å². The number of aliphatic hydroxyl groups excluding tert-OH is 1. The van der Waals surface area contributed by atoms with E-state index < -0.39 is 6.10 Å². The highest BCUT2D eigenvalue weighted by molar-refractivity contribution is 5.93. The van der Waals surface area contributed by atoms with Crippen molar-refractivity contribution in [3.05, 3.63) is 29.3 Å². The Morgan fingerprint density at radius 2 is 2.18 bits per heavy atom. The van der Waals surface area contributed by atoms with Crippen molar-refractivity contribution in [2.75, 3.05) is 11.4 Å². The highest BCUT2D eigenvalue weighted by Crippen LogP contribution is 2.35. The summed E-state index contributed by atoms with van der Waals surface area (Å²) in [5.74, 6) is 0.468. The summed E-state index contributed by atoms with van der Waals surface area (Å²) in [4.78, 5) is 13.3. The van der Waals surface area contributed by atoms with Crippen molar-refractivity contribution in [1.82, 2.24) is 0 Å². The molecule has 0 radical (unpaired) electrons. The quantitative estimate of drug-likeness (QED) is 0.810. The van der Waals surface area contributed by atoms with E-state index in [0.717, 1.165) is 11.3 Å². The SMILES string of the molecule is CC(=O)N1CC[C@@H](O)c2cc(C(C)C)ccc21. The molecule has 1 aliphatic heterocycles. The van der Waals surface area contributed by atoms with Crippen molar-refractivity contribution in [2.45, 2.75) is 39.2 Å². The van der Waals surface area contributed by atoms with E-state index in [1.165, 1.54) is 5.56 Å². The van der Waals surface area contributed by atoms with E-state index in [4.69, 9.17) is 0 Å². The number of rotatable bonds is 1. The van der Waals surface area contributed by atoms with Gasteiger partial charge in [0.2, 0.25) is 5.91 Å². The summed E-state index contributed by atoms with van der Waals surface area (Å²) in [5.41, 5.74) is 2.95. The van der Waals surface area contributed by atoms with Gasteiger partial charge in [-0.3, -0.25) is 4.79 Å². The summed E-state index contributed by atoms with van der Waals surface area (Å²) in [6, 6.07) is 6.02. The molecule has 3 nitrogen and oxygen atoms in total. The van der Waals surface area contributed by atoms with Gasteiger partial charge in [-0.1, -0.05) is 26.0 Å². The molecule has 1 heterocycles. The van der Waals surface area contributed by atoms with Gasteiger partial charge in [0, 0.05) is 24.7 Å². The van der Waals surface area contributed by atoms with Crippen molar-refractivity contribution in [1.29, 1.82) is 0 Å². The second-order valence-electron chi connectivity index (χ2n) is 4.95. The zero-order valence-electron chi connectivity index (χ0n) is 10.6. The Balaban J connectivity index is 2.47. The molecule has 1 aromatic carbocycles. The second kappa shape index (κ2) is 4.49. The summed E-state index contributed by atoms with van der Waals surface area (Å²) in [7, 11) is 0. The Labute approximate surface area is 102 Å². The molecule has 0 saturated carbocycles. The summed E-state index contributed by atoms with van der Waals surface area (Å²) in [5, 5.41) is 10.0. The first-order valence-electron chi connectivity index (χ1n) is 6.10. The second-order valence-corrected chi connectivity index (χ2v) is 4.95. The van der Waals surface area contributed by atoms with Gasteiger partial charge in [0.05, 0.1) is 6.10 Å². The molecule has 1 amide bonds. The molecular formula is C14H19NO2. The van der Waals surface area contributed by atoms with E-state index in [-0.39, 0.29) is 5.91 Å². The van der Waals surface area contributed by atoms with Gasteiger partial charge in [0.25, 0.3) is 0 Å². The van der Waals surface area contributed by atoms with Gasteiger partial charge in [0.15, 0.2) is 0 Å². The number of carbonyl (C=O) groups is 1. The molecule has 0 saturated heterocycles. The maximum Gasteiger partial charge on any atom is 0.223 e. The molecular weight excluding hydrogens is 214 g/mol. The standard InChI is InChI=1S/C14H19NO2/c1-9(2)11-4-5-13-12(8-11)14(17)6-7-15(13)10(3)16/h4-5,8-9,14,17H,6-7H2,1-3H3/t14-/m1/s1. The monoisotopic (exact) mass is 233 g/mol. The van der Waals surface area contributed by atoms with E-state index >= 15 is 0 Å². The van der Waals surface area contributed by atoms with E-state index in [1.807, 2.05) is 18.2 Å². The van der Waals surface area contributed by atoms with Gasteiger partial charge in [-0.25, -0.2) is 0 Å². The molecule has 1 atom stereocenters. The number of anilines is 1. The molecule has 2 rings (SSSR count). The third kappa shape index (κ3) is 2.20. The van der Waals surface area contributed by atoms with Crippen LogP contribution in [0.4, 0.5) is 5.69 Å². The maximum atomic E-state index is 11.5. The summed E-state index contributed by atoms with van der Waals surface area (Å²) in [6.07, 6.45) is 0.174. The molecule has 3 heteroatoms. The molecule has 17 heavy (non-hydrogen) atoms. The van der Waals surface area contributed by atoms with E-state index in [0.29, 0.717) is 18.9 Å². The molecule has 1 N–H and O–H groups in total. The minimum Gasteiger partial charge on any atom is -0.388 e. The number of aliphatic hydroxyl groups is 1. The average Bonchev–Trinajstić information content (AvgIpc) is 2.28. The largest absolute Gasteiger partial charge is 0.388 e. The molecule has 1 aromatic rings. The number of benzene rings is 1. The Morgan fingerprint density at radius 1 is 1.47 bits per heavy atom. The average molecular weight is 233 g/mol. The number of hydrogen-bond acceptors (Lipinski definition) is 2. The van der Waals surface area contributed by atoms with Gasteiger partial charge >= 0.3 is 0 Å². The van der Waals surface area contributed by atoms with Gasteiger partial charge < -0.3 is 10.0 Å². The fraction of sp³-hybridized carbons (Fsp3) is 0.500. The predicted octanol–water partition coefficient (Wildman–Crippen LogP) is 2.60. The van der Waals surface area contributed by atoms with Crippen LogP contribution in [0.5, 0.6) is 0 Å². The maximum absolute atomic E-state index is 11.5. The van der Waals surface area contributed by atoms with Crippen molar-refractivity contribution in [3.63, 3.8) is 0 Å². The normalized spacial score (nSPS) is 19.4. The van der Waals surface area contributed by atoms with Crippen LogP contribution in [-0.4, -0.2) is 17.6 Å². The fourth-order valence-electron chi connectivity index (χ4n) is 2.30. The lowest BCUT2D eigenvalue weighted by atomic mass is 9.93. The first-order valence-corrected chi connectivity index (χ1v) is 6.10. The van der Waals surface area contributed by atoms with Crippen LogP contribution in [0, 0.1) is 0 Å². The molecule has 0 fully saturated rings. The fourth-order valence-corrected chi connectivity index (χ4v) is 2.30. The zero-order chi connectivity index (χ0) is 12.6. The lowest BCUT2D eigenvalue weighted by molar-refractivity contribution is -0.116. The Hall–Kier alpha value is -1.35. The van der Waals surface area contributed by atoms with Gasteiger partial charge in [0.1, 0.15) is 0 Å². The van der Waals surface area contributed by atoms with Crippen LogP contribution in [0.3, 0.4) is 0 Å². The number of hydrogen-bond donors (Lipinski definition) is 1. The minimum atomic E-state index is -0.445. The summed E-state index contributed by atoms with van der Waals surface area (Å²) < 4.78 is 0. The highest BCUT2D eigenvalue weighted by Gasteiger charge is 2.26. The lowest BCUT2D eigenvalue weighted by Crippen LogP contribution is -2.35. The van der Waals surface area contributed by atoms with Crippen LogP contribution in [0.15, 0.2) is 18.2 Å². The summed E-state index contributed by atoms with van der Waals surface area (Å²) in [6.45, 7) is 6.42. The molecule has 1 aliphatic rings. The number of fused-ring (bicyclic) bond motifs is 1. The van der Waals surface area contributed by atoms with Crippen LogP contribution >= 0.6 is 0 Å².